The Hall–Kier alpha value is -3.95. The number of aryl methyl sites for hydroxylation is 3. The molecule has 0 aliphatic carbocycles. The van der Waals surface area contributed by atoms with E-state index in [1.54, 1.807) is 12.1 Å². The van der Waals surface area contributed by atoms with Crippen LogP contribution in [-0.4, -0.2) is 0 Å². The van der Waals surface area contributed by atoms with E-state index in [2.05, 4.69) is 4.74 Å². The lowest BCUT2D eigenvalue weighted by Gasteiger charge is -2.20. The van der Waals surface area contributed by atoms with Crippen LogP contribution >= 0.6 is 0 Å². The van der Waals surface area contributed by atoms with E-state index in [0.717, 1.165) is 0 Å². The zero-order valence-corrected chi connectivity index (χ0v) is 19.5. The molecule has 10 heteroatoms. The van der Waals surface area contributed by atoms with Crippen LogP contribution in [0.5, 0.6) is 5.75 Å². The minimum Gasteiger partial charge on any atom is -0.429 e. The molecular formula is C28H17F9O. The Morgan fingerprint density at radius 3 is 1.76 bits per heavy atom. The Morgan fingerprint density at radius 1 is 0.605 bits per heavy atom. The van der Waals surface area contributed by atoms with Gasteiger partial charge in [0.05, 0.1) is 0 Å². The zero-order valence-electron chi connectivity index (χ0n) is 19.5. The molecule has 1 nitrogen and oxygen atoms in total. The average Bonchev–Trinajstić information content (AvgIpc) is 2.85. The molecule has 198 valence electrons. The number of hydrogen-bond donors (Lipinski definition) is 0. The van der Waals surface area contributed by atoms with Crippen LogP contribution in [0.2, 0.25) is 0 Å². The van der Waals surface area contributed by atoms with Crippen LogP contribution < -0.4 is 4.74 Å². The molecule has 0 aromatic heterocycles. The summed E-state index contributed by atoms with van der Waals surface area (Å²) < 4.78 is 130. The third kappa shape index (κ3) is 5.49. The molecule has 0 fully saturated rings. The fourth-order valence-electron chi connectivity index (χ4n) is 3.83. The lowest BCUT2D eigenvalue weighted by molar-refractivity contribution is -0.189. The van der Waals surface area contributed by atoms with Crippen LogP contribution in [0.4, 0.5) is 39.5 Å². The number of benzene rings is 4. The summed E-state index contributed by atoms with van der Waals surface area (Å²) in [6.45, 7) is 1.45. The van der Waals surface area contributed by atoms with Gasteiger partial charge in [0.15, 0.2) is 29.1 Å². The lowest BCUT2D eigenvalue weighted by Crippen LogP contribution is -2.25. The van der Waals surface area contributed by atoms with E-state index in [1.165, 1.54) is 31.2 Å². The molecule has 0 atom stereocenters. The van der Waals surface area contributed by atoms with E-state index in [9.17, 15) is 39.5 Å². The van der Waals surface area contributed by atoms with Gasteiger partial charge in [-0.1, -0.05) is 36.4 Å². The maximum atomic E-state index is 14.6. The van der Waals surface area contributed by atoms with Gasteiger partial charge in [0.1, 0.15) is 22.9 Å². The maximum Gasteiger partial charge on any atom is 0.432 e. The van der Waals surface area contributed by atoms with Crippen molar-refractivity contribution in [2.75, 3.05) is 0 Å². The van der Waals surface area contributed by atoms with Crippen molar-refractivity contribution in [2.45, 2.75) is 25.9 Å². The summed E-state index contributed by atoms with van der Waals surface area (Å²) in [5, 5.41) is 0. The van der Waals surface area contributed by atoms with Gasteiger partial charge in [-0.3, -0.25) is 0 Å². The fraction of sp³-hybridized carbons (Fsp3) is 0.143. The second-order valence-corrected chi connectivity index (χ2v) is 8.50. The van der Waals surface area contributed by atoms with Gasteiger partial charge in [-0.05, 0) is 59.7 Å². The first-order valence-electron chi connectivity index (χ1n) is 11.1. The largest absolute Gasteiger partial charge is 0.432 e. The van der Waals surface area contributed by atoms with Crippen molar-refractivity contribution >= 4 is 0 Å². The number of alkyl halides is 2. The summed E-state index contributed by atoms with van der Waals surface area (Å²) in [6, 6.07) is 10.5. The quantitative estimate of drug-likeness (QED) is 0.169. The molecule has 0 N–H and O–H groups in total. The standard InChI is InChI=1S/C28H17F9O/c1-14-2-6-17(26(34)25(14)33)9-5-15-3-7-16(8-4-15)18-10-20(29)24(21(30)11-18)28(36,37)38-19-12-22(31)27(35)23(32)13-19/h2-4,6-8,10-13H,5,9H2,1H3. The SMILES string of the molecule is Cc1ccc(CCc2ccc(-c3cc(F)c(C(F)(F)Oc4cc(F)c(F)c(F)c4)c(F)c3)cc2)c(F)c1F. The molecule has 0 saturated heterocycles. The Kier molecular flexibility index (Phi) is 7.44. The lowest BCUT2D eigenvalue weighted by atomic mass is 9.98. The molecule has 0 aliphatic rings. The maximum absolute atomic E-state index is 14.6. The van der Waals surface area contributed by atoms with Crippen molar-refractivity contribution in [3.63, 3.8) is 0 Å². The third-order valence-electron chi connectivity index (χ3n) is 5.86. The highest BCUT2D eigenvalue weighted by atomic mass is 19.3. The molecule has 0 bridgehead atoms. The topological polar surface area (TPSA) is 9.23 Å². The molecule has 4 aromatic rings. The summed E-state index contributed by atoms with van der Waals surface area (Å²) in [5.41, 5.74) is -0.579. The van der Waals surface area contributed by atoms with Crippen LogP contribution in [0, 0.1) is 47.6 Å². The molecule has 0 heterocycles. The molecule has 0 saturated carbocycles. The van der Waals surface area contributed by atoms with Crippen LogP contribution in [0.25, 0.3) is 11.1 Å². The predicted molar refractivity (Wildman–Crippen MR) is 121 cm³/mol. The molecule has 4 aromatic carbocycles. The molecule has 0 spiro atoms. The average molecular weight is 540 g/mol. The molecule has 38 heavy (non-hydrogen) atoms. The number of rotatable bonds is 7. The van der Waals surface area contributed by atoms with E-state index in [1.807, 2.05) is 0 Å². The predicted octanol–water partition coefficient (Wildman–Crippen LogP) is 8.55. The Bertz CT molecular complexity index is 1450. The van der Waals surface area contributed by atoms with Gasteiger partial charge in [-0.15, -0.1) is 0 Å². The summed E-state index contributed by atoms with van der Waals surface area (Å²) in [5.74, 6) is -12.0. The fourth-order valence-corrected chi connectivity index (χ4v) is 3.83. The molecule has 0 amide bonds. The van der Waals surface area contributed by atoms with Gasteiger partial charge < -0.3 is 4.74 Å². The van der Waals surface area contributed by atoms with Crippen molar-refractivity contribution in [3.05, 3.63) is 124 Å². The van der Waals surface area contributed by atoms with Gasteiger partial charge in [-0.25, -0.2) is 30.7 Å². The minimum absolute atomic E-state index is 0.100. The van der Waals surface area contributed by atoms with Gasteiger partial charge in [0.25, 0.3) is 0 Å². The number of halogens is 9. The second kappa shape index (κ2) is 10.4. The van der Waals surface area contributed by atoms with Crippen molar-refractivity contribution in [1.29, 1.82) is 0 Å². The zero-order chi connectivity index (χ0) is 27.8. The highest BCUT2D eigenvalue weighted by molar-refractivity contribution is 5.64. The van der Waals surface area contributed by atoms with E-state index < -0.39 is 58.1 Å². The highest BCUT2D eigenvalue weighted by Crippen LogP contribution is 2.37. The summed E-state index contributed by atoms with van der Waals surface area (Å²) in [7, 11) is 0. The third-order valence-corrected chi connectivity index (χ3v) is 5.86. The first kappa shape index (κ1) is 27.1. The molecule has 0 unspecified atom stereocenters. The number of hydrogen-bond acceptors (Lipinski definition) is 1. The smallest absolute Gasteiger partial charge is 0.429 e. The first-order chi connectivity index (χ1) is 17.9. The van der Waals surface area contributed by atoms with Gasteiger partial charge >= 0.3 is 6.11 Å². The monoisotopic (exact) mass is 540 g/mol. The van der Waals surface area contributed by atoms with Crippen molar-refractivity contribution in [2.24, 2.45) is 0 Å². The van der Waals surface area contributed by atoms with Crippen molar-refractivity contribution < 1.29 is 44.3 Å². The second-order valence-electron chi connectivity index (χ2n) is 8.50. The molecule has 4 rings (SSSR count). The van der Waals surface area contributed by atoms with Crippen molar-refractivity contribution in [3.8, 4) is 16.9 Å². The summed E-state index contributed by atoms with van der Waals surface area (Å²) >= 11 is 0. The first-order valence-corrected chi connectivity index (χ1v) is 11.1. The number of ether oxygens (including phenoxy) is 1. The molecule has 0 aliphatic heterocycles. The van der Waals surface area contributed by atoms with Gasteiger partial charge in [0.2, 0.25) is 0 Å². The Balaban J connectivity index is 1.53. The van der Waals surface area contributed by atoms with Crippen LogP contribution in [-0.2, 0) is 19.0 Å². The van der Waals surface area contributed by atoms with Gasteiger partial charge in [-0.2, -0.15) is 8.78 Å². The van der Waals surface area contributed by atoms with Crippen LogP contribution in [0.3, 0.4) is 0 Å². The van der Waals surface area contributed by atoms with Gasteiger partial charge in [0, 0.05) is 12.1 Å². The summed E-state index contributed by atoms with van der Waals surface area (Å²) in [4.78, 5) is 0. The minimum atomic E-state index is -4.70. The highest BCUT2D eigenvalue weighted by Gasteiger charge is 2.41. The Labute approximate surface area is 211 Å². The van der Waals surface area contributed by atoms with E-state index in [0.29, 0.717) is 24.1 Å². The van der Waals surface area contributed by atoms with Crippen LogP contribution in [0.15, 0.2) is 60.7 Å². The normalized spacial score (nSPS) is 11.6. The molecular weight excluding hydrogens is 523 g/mol. The van der Waals surface area contributed by atoms with Crippen LogP contribution in [0.1, 0.15) is 22.3 Å². The van der Waals surface area contributed by atoms with E-state index in [4.69, 9.17) is 0 Å². The molecule has 0 radical (unpaired) electrons. The Morgan fingerprint density at radius 2 is 1.18 bits per heavy atom. The summed E-state index contributed by atoms with van der Waals surface area (Å²) in [6.07, 6.45) is -4.18. The van der Waals surface area contributed by atoms with E-state index >= 15 is 0 Å². The van der Waals surface area contributed by atoms with Crippen molar-refractivity contribution in [1.82, 2.24) is 0 Å². The van der Waals surface area contributed by atoms with E-state index in [-0.39, 0.29) is 40.8 Å².